The number of carboxylic acids is 1. The molecule has 1 N–H and O–H groups in total. The van der Waals surface area contributed by atoms with Gasteiger partial charge in [0.1, 0.15) is 0 Å². The number of nitrogens with zero attached hydrogens (tertiary/aromatic N) is 1. The summed E-state index contributed by atoms with van der Waals surface area (Å²) in [6, 6.07) is 8.35. The minimum atomic E-state index is -0.838. The quantitative estimate of drug-likeness (QED) is 0.812. The zero-order chi connectivity index (χ0) is 12.3. The van der Waals surface area contributed by atoms with Crippen LogP contribution in [0.2, 0.25) is 0 Å². The number of hydrogen-bond donors (Lipinski definition) is 1. The SMILES string of the molecule is CC(=CCN1CCCc2ccccc21)C(=O)O. The second-order valence-corrected chi connectivity index (χ2v) is 4.37. The molecule has 3 heteroatoms. The van der Waals surface area contributed by atoms with Crippen molar-refractivity contribution >= 4 is 11.7 Å². The summed E-state index contributed by atoms with van der Waals surface area (Å²) in [6.07, 6.45) is 4.04. The van der Waals surface area contributed by atoms with E-state index in [-0.39, 0.29) is 0 Å². The Morgan fingerprint density at radius 1 is 1.47 bits per heavy atom. The third-order valence-electron chi connectivity index (χ3n) is 3.16. The summed E-state index contributed by atoms with van der Waals surface area (Å²) >= 11 is 0. The molecule has 3 nitrogen and oxygen atoms in total. The summed E-state index contributed by atoms with van der Waals surface area (Å²) in [6.45, 7) is 3.31. The fraction of sp³-hybridized carbons (Fsp3) is 0.357. The highest BCUT2D eigenvalue weighted by molar-refractivity contribution is 5.85. The minimum absolute atomic E-state index is 0.410. The summed E-state index contributed by atoms with van der Waals surface area (Å²) < 4.78 is 0. The molecule has 0 aromatic heterocycles. The maximum Gasteiger partial charge on any atom is 0.331 e. The van der Waals surface area contributed by atoms with E-state index in [4.69, 9.17) is 5.11 Å². The number of hydrogen-bond acceptors (Lipinski definition) is 2. The van der Waals surface area contributed by atoms with E-state index in [2.05, 4.69) is 23.1 Å². The van der Waals surface area contributed by atoms with Crippen LogP contribution in [-0.4, -0.2) is 24.2 Å². The van der Waals surface area contributed by atoms with Gasteiger partial charge in [-0.1, -0.05) is 24.3 Å². The Balaban J connectivity index is 2.14. The van der Waals surface area contributed by atoms with Crippen molar-refractivity contribution in [3.05, 3.63) is 41.5 Å². The zero-order valence-corrected chi connectivity index (χ0v) is 10.0. The van der Waals surface area contributed by atoms with Crippen LogP contribution in [0.3, 0.4) is 0 Å². The van der Waals surface area contributed by atoms with E-state index in [1.807, 2.05) is 6.07 Å². The molecule has 2 rings (SSSR count). The molecule has 17 heavy (non-hydrogen) atoms. The zero-order valence-electron chi connectivity index (χ0n) is 10.0. The number of aryl methyl sites for hydroxylation is 1. The smallest absolute Gasteiger partial charge is 0.331 e. The van der Waals surface area contributed by atoms with E-state index >= 15 is 0 Å². The average molecular weight is 231 g/mol. The monoisotopic (exact) mass is 231 g/mol. The Labute approximate surface area is 101 Å². The lowest BCUT2D eigenvalue weighted by Gasteiger charge is -2.30. The van der Waals surface area contributed by atoms with Gasteiger partial charge in [-0.2, -0.15) is 0 Å². The molecule has 1 aliphatic heterocycles. The first-order valence-electron chi connectivity index (χ1n) is 5.91. The third-order valence-corrected chi connectivity index (χ3v) is 3.16. The van der Waals surface area contributed by atoms with Crippen LogP contribution >= 0.6 is 0 Å². The molecule has 0 aliphatic carbocycles. The second kappa shape index (κ2) is 5.04. The average Bonchev–Trinajstić information content (AvgIpc) is 2.35. The predicted molar refractivity (Wildman–Crippen MR) is 68.4 cm³/mol. The van der Waals surface area contributed by atoms with E-state index in [1.54, 1.807) is 13.0 Å². The van der Waals surface area contributed by atoms with Crippen molar-refractivity contribution in [3.63, 3.8) is 0 Å². The molecular weight excluding hydrogens is 214 g/mol. The van der Waals surface area contributed by atoms with Crippen LogP contribution < -0.4 is 4.90 Å². The normalized spacial score (nSPS) is 15.6. The first kappa shape index (κ1) is 11.7. The Morgan fingerprint density at radius 2 is 2.24 bits per heavy atom. The molecule has 0 spiro atoms. The van der Waals surface area contributed by atoms with Gasteiger partial charge in [-0.15, -0.1) is 0 Å². The van der Waals surface area contributed by atoms with Crippen LogP contribution in [0, 0.1) is 0 Å². The summed E-state index contributed by atoms with van der Waals surface area (Å²) in [4.78, 5) is 13.0. The molecular formula is C14H17NO2. The molecule has 0 radical (unpaired) electrons. The number of rotatable bonds is 3. The van der Waals surface area contributed by atoms with Gasteiger partial charge < -0.3 is 10.0 Å². The van der Waals surface area contributed by atoms with Gasteiger partial charge in [-0.3, -0.25) is 0 Å². The predicted octanol–water partition coefficient (Wildman–Crippen LogP) is 2.47. The van der Waals surface area contributed by atoms with Crippen LogP contribution in [0.25, 0.3) is 0 Å². The molecule has 0 saturated carbocycles. The number of carboxylic acid groups (broad SMARTS) is 1. The van der Waals surface area contributed by atoms with E-state index in [0.717, 1.165) is 19.4 Å². The van der Waals surface area contributed by atoms with Gasteiger partial charge in [0, 0.05) is 24.4 Å². The van der Waals surface area contributed by atoms with Crippen molar-refractivity contribution in [1.82, 2.24) is 0 Å². The lowest BCUT2D eigenvalue weighted by atomic mass is 10.0. The van der Waals surface area contributed by atoms with Crippen molar-refractivity contribution in [3.8, 4) is 0 Å². The molecule has 0 saturated heterocycles. The topological polar surface area (TPSA) is 40.5 Å². The van der Waals surface area contributed by atoms with Gasteiger partial charge in [0.15, 0.2) is 0 Å². The highest BCUT2D eigenvalue weighted by Crippen LogP contribution is 2.26. The van der Waals surface area contributed by atoms with Gasteiger partial charge in [-0.25, -0.2) is 4.79 Å². The van der Waals surface area contributed by atoms with E-state index in [0.29, 0.717) is 12.1 Å². The molecule has 1 aromatic rings. The lowest BCUT2D eigenvalue weighted by molar-refractivity contribution is -0.132. The van der Waals surface area contributed by atoms with Crippen LogP contribution in [0.1, 0.15) is 18.9 Å². The summed E-state index contributed by atoms with van der Waals surface area (Å²) in [5.74, 6) is -0.838. The fourth-order valence-electron chi connectivity index (χ4n) is 2.14. The van der Waals surface area contributed by atoms with Gasteiger partial charge >= 0.3 is 5.97 Å². The molecule has 1 aromatic carbocycles. The fourth-order valence-corrected chi connectivity index (χ4v) is 2.14. The van der Waals surface area contributed by atoms with Crippen LogP contribution in [-0.2, 0) is 11.2 Å². The van der Waals surface area contributed by atoms with Crippen molar-refractivity contribution < 1.29 is 9.90 Å². The molecule has 0 amide bonds. The van der Waals surface area contributed by atoms with Crippen molar-refractivity contribution in [1.29, 1.82) is 0 Å². The molecule has 0 atom stereocenters. The van der Waals surface area contributed by atoms with Gasteiger partial charge in [0.2, 0.25) is 0 Å². The Morgan fingerprint density at radius 3 is 3.00 bits per heavy atom. The van der Waals surface area contributed by atoms with Crippen molar-refractivity contribution in [2.75, 3.05) is 18.0 Å². The first-order valence-corrected chi connectivity index (χ1v) is 5.91. The van der Waals surface area contributed by atoms with Gasteiger partial charge in [-0.05, 0) is 31.4 Å². The number of benzene rings is 1. The van der Waals surface area contributed by atoms with Crippen molar-refractivity contribution in [2.45, 2.75) is 19.8 Å². The Bertz CT molecular complexity index is 451. The van der Waals surface area contributed by atoms with E-state index < -0.39 is 5.97 Å². The molecule has 90 valence electrons. The second-order valence-electron chi connectivity index (χ2n) is 4.37. The third kappa shape index (κ3) is 2.67. The molecule has 1 heterocycles. The lowest BCUT2D eigenvalue weighted by Crippen LogP contribution is -2.29. The number of aliphatic carboxylic acids is 1. The minimum Gasteiger partial charge on any atom is -0.478 e. The van der Waals surface area contributed by atoms with Crippen molar-refractivity contribution in [2.24, 2.45) is 0 Å². The summed E-state index contributed by atoms with van der Waals surface area (Å²) in [5.41, 5.74) is 3.02. The first-order chi connectivity index (χ1) is 8.18. The standard InChI is InChI=1S/C14H17NO2/c1-11(14(16)17)8-10-15-9-4-6-12-5-2-3-7-13(12)15/h2-3,5,7-8H,4,6,9-10H2,1H3,(H,16,17). The summed E-state index contributed by atoms with van der Waals surface area (Å²) in [7, 11) is 0. The highest BCUT2D eigenvalue weighted by Gasteiger charge is 2.15. The van der Waals surface area contributed by atoms with Gasteiger partial charge in [0.25, 0.3) is 0 Å². The van der Waals surface area contributed by atoms with Crippen LogP contribution in [0.15, 0.2) is 35.9 Å². The van der Waals surface area contributed by atoms with Crippen LogP contribution in [0.5, 0.6) is 0 Å². The number of para-hydroxylation sites is 1. The van der Waals surface area contributed by atoms with E-state index in [1.165, 1.54) is 11.3 Å². The number of anilines is 1. The molecule has 1 aliphatic rings. The summed E-state index contributed by atoms with van der Waals surface area (Å²) in [5, 5.41) is 8.82. The largest absolute Gasteiger partial charge is 0.478 e. The van der Waals surface area contributed by atoms with E-state index in [9.17, 15) is 4.79 Å². The molecule has 0 bridgehead atoms. The Hall–Kier alpha value is -1.77. The Kier molecular flexibility index (Phi) is 3.47. The molecule has 0 unspecified atom stereocenters. The maximum absolute atomic E-state index is 10.7. The highest BCUT2D eigenvalue weighted by atomic mass is 16.4. The van der Waals surface area contributed by atoms with Gasteiger partial charge in [0.05, 0.1) is 0 Å². The number of fused-ring (bicyclic) bond motifs is 1. The maximum atomic E-state index is 10.7. The van der Waals surface area contributed by atoms with Crippen LogP contribution in [0.4, 0.5) is 5.69 Å². The number of carbonyl (C=O) groups is 1. The molecule has 0 fully saturated rings.